The number of carbonyl (C=O) groups is 2. The van der Waals surface area contributed by atoms with Gasteiger partial charge < -0.3 is 15.2 Å². The predicted molar refractivity (Wildman–Crippen MR) is 117 cm³/mol. The van der Waals surface area contributed by atoms with Crippen molar-refractivity contribution >= 4 is 11.8 Å². The number of hydrogen-bond donors (Lipinski definition) is 2. The largest absolute Gasteiger partial charge is 0.414 e. The first-order chi connectivity index (χ1) is 16.2. The Labute approximate surface area is 192 Å². The molecule has 2 amide bonds. The van der Waals surface area contributed by atoms with Crippen LogP contribution in [0, 0.1) is 0 Å². The Morgan fingerprint density at radius 2 is 1.65 bits per heavy atom. The highest BCUT2D eigenvalue weighted by molar-refractivity contribution is 5.99. The third-order valence-electron chi connectivity index (χ3n) is 5.39. The van der Waals surface area contributed by atoms with E-state index in [4.69, 9.17) is 0 Å². The Hall–Kier alpha value is -3.95. The Balaban J connectivity index is 1.63. The Morgan fingerprint density at radius 3 is 2.24 bits per heavy atom. The van der Waals surface area contributed by atoms with Gasteiger partial charge in [-0.1, -0.05) is 36.4 Å². The molecular weight excluding hydrogens is 449 g/mol. The average Bonchev–Trinajstić information content (AvgIpc) is 3.67. The summed E-state index contributed by atoms with van der Waals surface area (Å²) in [5, 5.41) is 4.50. The second-order valence-electron chi connectivity index (χ2n) is 7.96. The van der Waals surface area contributed by atoms with Crippen LogP contribution in [0.25, 0.3) is 0 Å². The highest BCUT2D eigenvalue weighted by atomic mass is 19.4. The lowest BCUT2D eigenvalue weighted by Crippen LogP contribution is -2.41. The van der Waals surface area contributed by atoms with Crippen molar-refractivity contribution in [3.63, 3.8) is 0 Å². The number of carbonyl (C=O) groups excluding carboxylic acids is 2. The number of nitrogens with zero attached hydrogens (tertiary/aromatic N) is 2. The Bertz CT molecular complexity index is 1240. The van der Waals surface area contributed by atoms with E-state index in [9.17, 15) is 27.6 Å². The van der Waals surface area contributed by atoms with Gasteiger partial charge >= 0.3 is 6.18 Å². The van der Waals surface area contributed by atoms with Crippen molar-refractivity contribution in [1.82, 2.24) is 20.2 Å². The lowest BCUT2D eigenvalue weighted by molar-refractivity contribution is -0.156. The maximum absolute atomic E-state index is 13.7. The molecule has 0 spiro atoms. The van der Waals surface area contributed by atoms with Gasteiger partial charge in [0.1, 0.15) is 11.1 Å². The van der Waals surface area contributed by atoms with Crippen molar-refractivity contribution in [3.8, 4) is 0 Å². The summed E-state index contributed by atoms with van der Waals surface area (Å²) in [6, 6.07) is 10.5. The fraction of sp³-hybridized carbons (Fsp3) is 0.250. The van der Waals surface area contributed by atoms with E-state index in [1.165, 1.54) is 35.3 Å². The Morgan fingerprint density at radius 1 is 1.00 bits per heavy atom. The first kappa shape index (κ1) is 23.2. The summed E-state index contributed by atoms with van der Waals surface area (Å²) >= 11 is 0. The van der Waals surface area contributed by atoms with Gasteiger partial charge in [0.15, 0.2) is 6.04 Å². The van der Waals surface area contributed by atoms with Crippen LogP contribution in [0.4, 0.5) is 13.2 Å². The summed E-state index contributed by atoms with van der Waals surface area (Å²) in [6.45, 7) is 0.148. The summed E-state index contributed by atoms with van der Waals surface area (Å²) in [4.78, 5) is 42.3. The molecular formula is C24H21F3N4O3. The van der Waals surface area contributed by atoms with Crippen LogP contribution in [-0.2, 0) is 6.54 Å². The van der Waals surface area contributed by atoms with Crippen LogP contribution >= 0.6 is 0 Å². The van der Waals surface area contributed by atoms with Crippen LogP contribution in [0.5, 0.6) is 0 Å². The van der Waals surface area contributed by atoms with Gasteiger partial charge in [0, 0.05) is 31.2 Å². The second-order valence-corrected chi connectivity index (χ2v) is 7.96. The molecule has 34 heavy (non-hydrogen) atoms. The fourth-order valence-corrected chi connectivity index (χ4v) is 3.46. The lowest BCUT2D eigenvalue weighted by Gasteiger charge is -2.21. The van der Waals surface area contributed by atoms with E-state index in [1.54, 1.807) is 24.3 Å². The van der Waals surface area contributed by atoms with E-state index in [0.717, 1.165) is 24.5 Å². The van der Waals surface area contributed by atoms with Crippen LogP contribution in [0.15, 0.2) is 71.9 Å². The zero-order chi connectivity index (χ0) is 24.3. The molecule has 1 aromatic carbocycles. The van der Waals surface area contributed by atoms with E-state index in [-0.39, 0.29) is 18.2 Å². The normalized spacial score (nSPS) is 14.3. The van der Waals surface area contributed by atoms with E-state index < -0.39 is 40.7 Å². The molecule has 2 N–H and O–H groups in total. The van der Waals surface area contributed by atoms with Gasteiger partial charge in [0.05, 0.1) is 5.69 Å². The summed E-state index contributed by atoms with van der Waals surface area (Å²) in [7, 11) is 0. The standard InChI is InChI=1S/C24H21F3N4O3/c25-24(26,27)21(19-8-4-5-11-28-19)30-23(34)18-14-31(16-9-10-16)13-17(20(18)32)22(33)29-12-15-6-2-1-3-7-15/h1-8,11,13-14,16,21H,9-10,12H2,(H,29,33)(H,30,34)/t21-/m0/s1. The minimum absolute atomic E-state index is 0.0259. The van der Waals surface area contributed by atoms with Crippen molar-refractivity contribution in [2.24, 2.45) is 0 Å². The number of benzene rings is 1. The fourth-order valence-electron chi connectivity index (χ4n) is 3.46. The molecule has 1 aliphatic rings. The van der Waals surface area contributed by atoms with Gasteiger partial charge in [-0.3, -0.25) is 19.4 Å². The van der Waals surface area contributed by atoms with E-state index >= 15 is 0 Å². The van der Waals surface area contributed by atoms with Crippen LogP contribution in [0.2, 0.25) is 0 Å². The molecule has 10 heteroatoms. The molecule has 0 radical (unpaired) electrons. The van der Waals surface area contributed by atoms with Gasteiger partial charge in [0.25, 0.3) is 11.8 Å². The SMILES string of the molecule is O=C(NCc1ccccc1)c1cn(C2CC2)cc(C(=O)N[C@@H](c2ccccn2)C(F)(F)F)c1=O. The Kier molecular flexibility index (Phi) is 6.49. The van der Waals surface area contributed by atoms with Crippen LogP contribution in [0.3, 0.4) is 0 Å². The van der Waals surface area contributed by atoms with Crippen molar-refractivity contribution in [1.29, 1.82) is 0 Å². The molecule has 1 fully saturated rings. The quantitative estimate of drug-likeness (QED) is 0.553. The minimum Gasteiger partial charge on any atom is -0.349 e. The number of pyridine rings is 2. The van der Waals surface area contributed by atoms with Crippen molar-refractivity contribution in [3.05, 3.63) is 99.7 Å². The molecule has 2 heterocycles. The number of rotatable bonds is 7. The summed E-state index contributed by atoms with van der Waals surface area (Å²) in [5.41, 5.74) is -1.40. The molecule has 3 aromatic rings. The molecule has 1 aliphatic carbocycles. The van der Waals surface area contributed by atoms with Crippen LogP contribution < -0.4 is 16.1 Å². The van der Waals surface area contributed by atoms with Crippen molar-refractivity contribution in [2.75, 3.05) is 0 Å². The highest BCUT2D eigenvalue weighted by Gasteiger charge is 2.43. The third-order valence-corrected chi connectivity index (χ3v) is 5.39. The average molecular weight is 470 g/mol. The number of amides is 2. The molecule has 176 valence electrons. The summed E-state index contributed by atoms with van der Waals surface area (Å²) < 4.78 is 42.5. The molecule has 1 atom stereocenters. The number of hydrogen-bond acceptors (Lipinski definition) is 4. The van der Waals surface area contributed by atoms with E-state index in [1.807, 2.05) is 11.4 Å². The van der Waals surface area contributed by atoms with Gasteiger partial charge in [0.2, 0.25) is 5.43 Å². The topological polar surface area (TPSA) is 93.1 Å². The van der Waals surface area contributed by atoms with E-state index in [2.05, 4.69) is 10.3 Å². The van der Waals surface area contributed by atoms with Gasteiger partial charge in [-0.05, 0) is 30.5 Å². The summed E-state index contributed by atoms with van der Waals surface area (Å²) in [6.07, 6.45) is 0.427. The smallest absolute Gasteiger partial charge is 0.349 e. The molecule has 0 saturated heterocycles. The molecule has 4 rings (SSSR count). The number of halogens is 3. The molecule has 7 nitrogen and oxygen atoms in total. The maximum Gasteiger partial charge on any atom is 0.414 e. The minimum atomic E-state index is -4.84. The third kappa shape index (κ3) is 5.33. The number of alkyl halides is 3. The first-order valence-electron chi connectivity index (χ1n) is 10.6. The van der Waals surface area contributed by atoms with Crippen LogP contribution in [-0.4, -0.2) is 27.5 Å². The van der Waals surface area contributed by atoms with Gasteiger partial charge in [-0.15, -0.1) is 0 Å². The molecule has 0 bridgehead atoms. The zero-order valence-corrected chi connectivity index (χ0v) is 17.9. The predicted octanol–water partition coefficient (Wildman–Crippen LogP) is 3.54. The first-order valence-corrected chi connectivity index (χ1v) is 10.6. The highest BCUT2D eigenvalue weighted by Crippen LogP contribution is 2.35. The lowest BCUT2D eigenvalue weighted by atomic mass is 10.1. The monoisotopic (exact) mass is 470 g/mol. The zero-order valence-electron chi connectivity index (χ0n) is 17.9. The summed E-state index contributed by atoms with van der Waals surface area (Å²) in [5.74, 6) is -1.94. The van der Waals surface area contributed by atoms with Gasteiger partial charge in [-0.25, -0.2) is 0 Å². The van der Waals surface area contributed by atoms with Crippen molar-refractivity contribution in [2.45, 2.75) is 37.6 Å². The molecule has 0 unspecified atom stereocenters. The maximum atomic E-state index is 13.7. The molecule has 0 aliphatic heterocycles. The van der Waals surface area contributed by atoms with Gasteiger partial charge in [-0.2, -0.15) is 13.2 Å². The van der Waals surface area contributed by atoms with Crippen LogP contribution in [0.1, 0.15) is 56.9 Å². The number of aromatic nitrogens is 2. The molecule has 2 aromatic heterocycles. The second kappa shape index (κ2) is 9.50. The van der Waals surface area contributed by atoms with E-state index in [0.29, 0.717) is 0 Å². The van der Waals surface area contributed by atoms with Crippen molar-refractivity contribution < 1.29 is 22.8 Å². The number of nitrogens with one attached hydrogen (secondary N) is 2. The molecule has 1 saturated carbocycles.